The second-order valence-corrected chi connectivity index (χ2v) is 3.26. The van der Waals surface area contributed by atoms with Gasteiger partial charge in [-0.25, -0.2) is 0 Å². The third kappa shape index (κ3) is 2.21. The van der Waals surface area contributed by atoms with Crippen molar-refractivity contribution < 1.29 is 0 Å². The smallest absolute Gasteiger partial charge is 0.0609 e. The summed E-state index contributed by atoms with van der Waals surface area (Å²) in [6.45, 7) is 5.12. The number of rotatable bonds is 3. The van der Waals surface area contributed by atoms with Gasteiger partial charge >= 0.3 is 0 Å². The first-order chi connectivity index (χ1) is 5.77. The molecule has 0 saturated heterocycles. The molecule has 12 heavy (non-hydrogen) atoms. The van der Waals surface area contributed by atoms with Crippen LogP contribution in [0.25, 0.3) is 6.08 Å². The molecule has 0 atom stereocenters. The summed E-state index contributed by atoms with van der Waals surface area (Å²) in [4.78, 5) is 0. The van der Waals surface area contributed by atoms with Gasteiger partial charge in [-0.2, -0.15) is 5.10 Å². The third-order valence-corrected chi connectivity index (χ3v) is 2.54. The van der Waals surface area contributed by atoms with Crippen molar-refractivity contribution in [3.8, 4) is 0 Å². The van der Waals surface area contributed by atoms with Gasteiger partial charge in [0, 0.05) is 18.1 Å². The monoisotopic (exact) mass is 228 g/mol. The lowest BCUT2D eigenvalue weighted by Gasteiger charge is -2.00. The molecule has 0 saturated carbocycles. The maximum absolute atomic E-state index is 4.18. The maximum atomic E-state index is 4.18. The topological polar surface area (TPSA) is 17.8 Å². The van der Waals surface area contributed by atoms with Gasteiger partial charge in [0.2, 0.25) is 0 Å². The molecule has 1 aromatic rings. The van der Waals surface area contributed by atoms with E-state index in [0.29, 0.717) is 0 Å². The average Bonchev–Trinajstić information content (AvgIpc) is 2.51. The van der Waals surface area contributed by atoms with E-state index in [1.165, 1.54) is 11.3 Å². The van der Waals surface area contributed by atoms with Gasteiger partial charge in [0.25, 0.3) is 0 Å². The minimum absolute atomic E-state index is 0.919. The van der Waals surface area contributed by atoms with Gasteiger partial charge < -0.3 is 0 Å². The molecule has 0 bridgehead atoms. The standard InChI is InChI=1S/C9H13BrN2/c1-3-12-9(4-5-11-12)6-8(2)7-10/h4-6H,3,7H2,1-2H3/b8-6-. The van der Waals surface area contributed by atoms with E-state index in [0.717, 1.165) is 11.9 Å². The molecule has 0 aliphatic carbocycles. The van der Waals surface area contributed by atoms with Gasteiger partial charge in [-0.15, -0.1) is 0 Å². The molecule has 0 spiro atoms. The van der Waals surface area contributed by atoms with Gasteiger partial charge in [-0.3, -0.25) is 4.68 Å². The quantitative estimate of drug-likeness (QED) is 0.728. The van der Waals surface area contributed by atoms with Crippen LogP contribution >= 0.6 is 15.9 Å². The number of allylic oxidation sites excluding steroid dienone is 1. The van der Waals surface area contributed by atoms with Crippen LogP contribution in [0.3, 0.4) is 0 Å². The molecule has 0 unspecified atom stereocenters. The van der Waals surface area contributed by atoms with E-state index in [1.807, 2.05) is 16.9 Å². The number of alkyl halides is 1. The molecule has 2 nitrogen and oxygen atoms in total. The molecular weight excluding hydrogens is 216 g/mol. The second-order valence-electron chi connectivity index (χ2n) is 2.70. The van der Waals surface area contributed by atoms with Crippen molar-refractivity contribution in [2.24, 2.45) is 0 Å². The Kier molecular flexibility index (Phi) is 3.53. The molecule has 1 heterocycles. The van der Waals surface area contributed by atoms with E-state index in [9.17, 15) is 0 Å². The van der Waals surface area contributed by atoms with Crippen molar-refractivity contribution in [3.05, 3.63) is 23.5 Å². The Morgan fingerprint density at radius 1 is 1.75 bits per heavy atom. The lowest BCUT2D eigenvalue weighted by molar-refractivity contribution is 0.653. The molecule has 0 amide bonds. The fourth-order valence-electron chi connectivity index (χ4n) is 1.02. The Labute approximate surface area is 81.4 Å². The Bertz CT molecular complexity index is 276. The highest BCUT2D eigenvalue weighted by atomic mass is 79.9. The van der Waals surface area contributed by atoms with Crippen LogP contribution in [0.4, 0.5) is 0 Å². The lowest BCUT2D eigenvalue weighted by atomic mass is 10.3. The lowest BCUT2D eigenvalue weighted by Crippen LogP contribution is -1.98. The molecule has 3 heteroatoms. The average molecular weight is 229 g/mol. The van der Waals surface area contributed by atoms with Crippen LogP contribution in [0.2, 0.25) is 0 Å². The van der Waals surface area contributed by atoms with Crippen LogP contribution in [-0.4, -0.2) is 15.1 Å². The van der Waals surface area contributed by atoms with Crippen LogP contribution in [0, 0.1) is 0 Å². The first-order valence-electron chi connectivity index (χ1n) is 4.03. The summed E-state index contributed by atoms with van der Waals surface area (Å²) in [5, 5.41) is 5.10. The van der Waals surface area contributed by atoms with Crippen LogP contribution in [0.15, 0.2) is 17.8 Å². The highest BCUT2D eigenvalue weighted by Gasteiger charge is 1.96. The van der Waals surface area contributed by atoms with Crippen molar-refractivity contribution in [3.63, 3.8) is 0 Å². The zero-order chi connectivity index (χ0) is 8.97. The number of aromatic nitrogens is 2. The Balaban J connectivity index is 2.87. The molecule has 66 valence electrons. The predicted molar refractivity (Wildman–Crippen MR) is 55.3 cm³/mol. The zero-order valence-electron chi connectivity index (χ0n) is 7.42. The molecule has 0 aromatic carbocycles. The summed E-state index contributed by atoms with van der Waals surface area (Å²) in [7, 11) is 0. The highest BCUT2D eigenvalue weighted by Crippen LogP contribution is 2.07. The third-order valence-electron chi connectivity index (χ3n) is 1.65. The van der Waals surface area contributed by atoms with Crippen molar-refractivity contribution in [2.75, 3.05) is 5.33 Å². The molecule has 1 rings (SSSR count). The molecule has 0 radical (unpaired) electrons. The van der Waals surface area contributed by atoms with Gasteiger partial charge in [0.1, 0.15) is 0 Å². The fourth-order valence-corrected chi connectivity index (χ4v) is 1.18. The SMILES string of the molecule is CCn1nccc1/C=C(/C)CBr. The van der Waals surface area contributed by atoms with Crippen molar-refractivity contribution in [1.29, 1.82) is 0 Å². The van der Waals surface area contributed by atoms with E-state index in [1.54, 1.807) is 0 Å². The summed E-state index contributed by atoms with van der Waals surface area (Å²) in [5.74, 6) is 0. The van der Waals surface area contributed by atoms with Crippen molar-refractivity contribution >= 4 is 22.0 Å². The number of hydrogen-bond donors (Lipinski definition) is 0. The number of aryl methyl sites for hydroxylation is 1. The number of hydrogen-bond acceptors (Lipinski definition) is 1. The number of halogens is 1. The van der Waals surface area contributed by atoms with E-state index in [2.05, 4.69) is 41.0 Å². The van der Waals surface area contributed by atoms with Gasteiger partial charge in [0.15, 0.2) is 0 Å². The summed E-state index contributed by atoms with van der Waals surface area (Å²) in [6.07, 6.45) is 3.97. The Morgan fingerprint density at radius 2 is 2.50 bits per heavy atom. The van der Waals surface area contributed by atoms with Crippen LogP contribution in [-0.2, 0) is 6.54 Å². The molecule has 1 aromatic heterocycles. The van der Waals surface area contributed by atoms with Gasteiger partial charge in [0.05, 0.1) is 5.69 Å². The van der Waals surface area contributed by atoms with E-state index >= 15 is 0 Å². The summed E-state index contributed by atoms with van der Waals surface area (Å²) in [6, 6.07) is 2.02. The minimum atomic E-state index is 0.919. The van der Waals surface area contributed by atoms with E-state index in [-0.39, 0.29) is 0 Å². The molecule has 0 aliphatic rings. The largest absolute Gasteiger partial charge is 0.266 e. The second kappa shape index (κ2) is 4.45. The van der Waals surface area contributed by atoms with Crippen LogP contribution in [0.5, 0.6) is 0 Å². The van der Waals surface area contributed by atoms with E-state index in [4.69, 9.17) is 0 Å². The fraction of sp³-hybridized carbons (Fsp3) is 0.444. The Hall–Kier alpha value is -0.570. The van der Waals surface area contributed by atoms with E-state index < -0.39 is 0 Å². The van der Waals surface area contributed by atoms with Crippen LogP contribution < -0.4 is 0 Å². The Morgan fingerprint density at radius 3 is 3.08 bits per heavy atom. The molecule has 0 fully saturated rings. The first-order valence-corrected chi connectivity index (χ1v) is 5.15. The minimum Gasteiger partial charge on any atom is -0.266 e. The van der Waals surface area contributed by atoms with Crippen LogP contribution in [0.1, 0.15) is 19.5 Å². The van der Waals surface area contributed by atoms with Crippen molar-refractivity contribution in [1.82, 2.24) is 9.78 Å². The maximum Gasteiger partial charge on any atom is 0.0609 e. The van der Waals surface area contributed by atoms with Crippen molar-refractivity contribution in [2.45, 2.75) is 20.4 Å². The predicted octanol–water partition coefficient (Wildman–Crippen LogP) is 2.70. The zero-order valence-corrected chi connectivity index (χ0v) is 9.00. The number of nitrogens with zero attached hydrogens (tertiary/aromatic N) is 2. The normalized spacial score (nSPS) is 12.1. The molecular formula is C9H13BrN2. The van der Waals surface area contributed by atoms with Gasteiger partial charge in [-0.05, 0) is 26.0 Å². The molecule has 0 aliphatic heterocycles. The summed E-state index contributed by atoms with van der Waals surface area (Å²) in [5.41, 5.74) is 2.49. The first kappa shape index (κ1) is 9.52. The van der Waals surface area contributed by atoms with Gasteiger partial charge in [-0.1, -0.05) is 21.5 Å². The molecule has 0 N–H and O–H groups in total. The highest BCUT2D eigenvalue weighted by molar-refractivity contribution is 9.09. The summed E-state index contributed by atoms with van der Waals surface area (Å²) < 4.78 is 1.98. The summed E-state index contributed by atoms with van der Waals surface area (Å²) >= 11 is 3.41.